The molecule has 0 saturated carbocycles. The van der Waals surface area contributed by atoms with Crippen molar-refractivity contribution in [3.05, 3.63) is 29.6 Å². The highest BCUT2D eigenvalue weighted by Crippen LogP contribution is 2.18. The van der Waals surface area contributed by atoms with Crippen LogP contribution in [0.5, 0.6) is 0 Å². The molecule has 0 radical (unpaired) electrons. The van der Waals surface area contributed by atoms with E-state index in [9.17, 15) is 22.4 Å². The van der Waals surface area contributed by atoms with Crippen LogP contribution < -0.4 is 4.72 Å². The lowest BCUT2D eigenvalue weighted by molar-refractivity contribution is -0.145. The Balaban J connectivity index is 3.23. The SMILES string of the molecule is N#Cc1c(F)cccc1S(=O)(=O)N[C@@H](CC(=O)O)C(=O)O. The van der Waals surface area contributed by atoms with E-state index in [1.165, 1.54) is 6.07 Å². The Kier molecular flexibility index (Phi) is 4.96. The van der Waals surface area contributed by atoms with Crippen molar-refractivity contribution in [2.45, 2.75) is 17.4 Å². The molecule has 0 aromatic heterocycles. The first kappa shape index (κ1) is 16.5. The fourth-order valence-electron chi connectivity index (χ4n) is 1.44. The minimum atomic E-state index is -4.57. The number of rotatable bonds is 6. The van der Waals surface area contributed by atoms with Crippen LogP contribution in [0.2, 0.25) is 0 Å². The lowest BCUT2D eigenvalue weighted by Crippen LogP contribution is -2.42. The van der Waals surface area contributed by atoms with Gasteiger partial charge in [-0.1, -0.05) is 6.07 Å². The Morgan fingerprint density at radius 2 is 2.00 bits per heavy atom. The minimum absolute atomic E-state index is 0.762. The summed E-state index contributed by atoms with van der Waals surface area (Å²) in [5.74, 6) is -4.34. The summed E-state index contributed by atoms with van der Waals surface area (Å²) in [5, 5.41) is 26.1. The molecule has 112 valence electrons. The topological polar surface area (TPSA) is 145 Å². The highest BCUT2D eigenvalue weighted by molar-refractivity contribution is 7.89. The third-order valence-electron chi connectivity index (χ3n) is 2.35. The maximum absolute atomic E-state index is 13.4. The fourth-order valence-corrected chi connectivity index (χ4v) is 2.80. The molecular formula is C11H9FN2O6S. The summed E-state index contributed by atoms with van der Waals surface area (Å²) in [6.07, 6.45) is -1.01. The van der Waals surface area contributed by atoms with Gasteiger partial charge in [-0.15, -0.1) is 0 Å². The van der Waals surface area contributed by atoms with Gasteiger partial charge in [-0.05, 0) is 12.1 Å². The number of aliphatic carboxylic acids is 2. The summed E-state index contributed by atoms with van der Waals surface area (Å²) in [6, 6.07) is 2.21. The molecule has 0 aliphatic rings. The minimum Gasteiger partial charge on any atom is -0.481 e. The van der Waals surface area contributed by atoms with E-state index >= 15 is 0 Å². The van der Waals surface area contributed by atoms with E-state index in [0.29, 0.717) is 0 Å². The van der Waals surface area contributed by atoms with Crippen molar-refractivity contribution in [3.63, 3.8) is 0 Å². The number of carbonyl (C=O) groups is 2. The lowest BCUT2D eigenvalue weighted by Gasteiger charge is -2.13. The van der Waals surface area contributed by atoms with Crippen LogP contribution in [0.4, 0.5) is 4.39 Å². The van der Waals surface area contributed by atoms with Crippen molar-refractivity contribution >= 4 is 22.0 Å². The molecule has 0 saturated heterocycles. The van der Waals surface area contributed by atoms with Crippen LogP contribution >= 0.6 is 0 Å². The van der Waals surface area contributed by atoms with Gasteiger partial charge >= 0.3 is 11.9 Å². The smallest absolute Gasteiger partial charge is 0.322 e. The van der Waals surface area contributed by atoms with Crippen LogP contribution in [0, 0.1) is 17.1 Å². The van der Waals surface area contributed by atoms with Crippen LogP contribution in [0.15, 0.2) is 23.1 Å². The molecule has 1 aromatic carbocycles. The second-order valence-corrected chi connectivity index (χ2v) is 5.52. The Bertz CT molecular complexity index is 725. The van der Waals surface area contributed by atoms with E-state index in [0.717, 1.165) is 18.2 Å². The van der Waals surface area contributed by atoms with Gasteiger partial charge < -0.3 is 10.2 Å². The number of carboxylic acids is 2. The first-order valence-corrected chi connectivity index (χ1v) is 6.83. The molecular weight excluding hydrogens is 307 g/mol. The van der Waals surface area contributed by atoms with Crippen LogP contribution in [-0.4, -0.2) is 36.6 Å². The van der Waals surface area contributed by atoms with Crippen LogP contribution in [0.1, 0.15) is 12.0 Å². The predicted octanol–water partition coefficient (Wildman–Crippen LogP) is -0.0964. The van der Waals surface area contributed by atoms with E-state index < -0.39 is 50.7 Å². The fraction of sp³-hybridized carbons (Fsp3) is 0.182. The Labute approximate surface area is 118 Å². The molecule has 0 unspecified atom stereocenters. The van der Waals surface area contributed by atoms with E-state index in [4.69, 9.17) is 15.5 Å². The number of hydrogen-bond acceptors (Lipinski definition) is 5. The molecule has 0 fully saturated rings. The van der Waals surface area contributed by atoms with E-state index in [-0.39, 0.29) is 0 Å². The molecule has 1 rings (SSSR count). The molecule has 3 N–H and O–H groups in total. The van der Waals surface area contributed by atoms with Crippen molar-refractivity contribution < 1.29 is 32.6 Å². The second kappa shape index (κ2) is 6.29. The zero-order valence-electron chi connectivity index (χ0n) is 10.3. The van der Waals surface area contributed by atoms with Crippen LogP contribution in [0.3, 0.4) is 0 Å². The van der Waals surface area contributed by atoms with Gasteiger partial charge in [0.1, 0.15) is 28.4 Å². The number of sulfonamides is 1. The first-order chi connectivity index (χ1) is 9.69. The zero-order chi connectivity index (χ0) is 16.2. The summed E-state index contributed by atoms with van der Waals surface area (Å²) in [7, 11) is -4.57. The summed E-state index contributed by atoms with van der Waals surface area (Å²) in [5.41, 5.74) is -0.788. The van der Waals surface area contributed by atoms with Gasteiger partial charge in [0.05, 0.1) is 6.42 Å². The Morgan fingerprint density at radius 1 is 1.38 bits per heavy atom. The third kappa shape index (κ3) is 3.98. The molecule has 0 amide bonds. The largest absolute Gasteiger partial charge is 0.481 e. The number of benzene rings is 1. The molecule has 21 heavy (non-hydrogen) atoms. The molecule has 1 atom stereocenters. The maximum atomic E-state index is 13.4. The number of nitriles is 1. The van der Waals surface area contributed by atoms with Gasteiger partial charge in [-0.25, -0.2) is 12.8 Å². The maximum Gasteiger partial charge on any atom is 0.322 e. The van der Waals surface area contributed by atoms with Crippen LogP contribution in [0.25, 0.3) is 0 Å². The van der Waals surface area contributed by atoms with E-state index in [2.05, 4.69) is 0 Å². The van der Waals surface area contributed by atoms with Gasteiger partial charge in [0.15, 0.2) is 0 Å². The number of nitrogens with zero attached hydrogens (tertiary/aromatic N) is 1. The molecule has 0 aliphatic heterocycles. The van der Waals surface area contributed by atoms with E-state index in [1.807, 2.05) is 0 Å². The molecule has 0 heterocycles. The zero-order valence-corrected chi connectivity index (χ0v) is 11.1. The third-order valence-corrected chi connectivity index (χ3v) is 3.87. The average Bonchev–Trinajstić information content (AvgIpc) is 2.36. The molecule has 0 spiro atoms. The first-order valence-electron chi connectivity index (χ1n) is 5.34. The molecule has 0 aliphatic carbocycles. The van der Waals surface area contributed by atoms with Crippen molar-refractivity contribution in [1.82, 2.24) is 4.72 Å². The van der Waals surface area contributed by atoms with Crippen molar-refractivity contribution in [2.24, 2.45) is 0 Å². The van der Waals surface area contributed by atoms with Gasteiger partial charge in [-0.2, -0.15) is 9.98 Å². The molecule has 8 nitrogen and oxygen atoms in total. The lowest BCUT2D eigenvalue weighted by atomic mass is 10.2. The number of carboxylic acid groups (broad SMARTS) is 2. The van der Waals surface area contributed by atoms with Crippen molar-refractivity contribution in [3.8, 4) is 6.07 Å². The van der Waals surface area contributed by atoms with Crippen LogP contribution in [-0.2, 0) is 19.6 Å². The highest BCUT2D eigenvalue weighted by Gasteiger charge is 2.29. The van der Waals surface area contributed by atoms with Crippen molar-refractivity contribution in [2.75, 3.05) is 0 Å². The number of nitrogens with one attached hydrogen (secondary N) is 1. The monoisotopic (exact) mass is 316 g/mol. The average molecular weight is 316 g/mol. The molecule has 10 heteroatoms. The Morgan fingerprint density at radius 3 is 2.48 bits per heavy atom. The Hall–Kier alpha value is -2.51. The van der Waals surface area contributed by atoms with Gasteiger partial charge in [0.2, 0.25) is 10.0 Å². The van der Waals surface area contributed by atoms with E-state index in [1.54, 1.807) is 4.72 Å². The quantitative estimate of drug-likeness (QED) is 0.664. The van der Waals surface area contributed by atoms with Crippen molar-refractivity contribution in [1.29, 1.82) is 5.26 Å². The normalized spacial score (nSPS) is 12.4. The summed E-state index contributed by atoms with van der Waals surface area (Å²) < 4.78 is 38.9. The summed E-state index contributed by atoms with van der Waals surface area (Å²) >= 11 is 0. The van der Waals surface area contributed by atoms with Gasteiger partial charge in [-0.3, -0.25) is 9.59 Å². The summed E-state index contributed by atoms with van der Waals surface area (Å²) in [4.78, 5) is 20.6. The second-order valence-electron chi connectivity index (χ2n) is 3.83. The van der Waals surface area contributed by atoms with Gasteiger partial charge in [0, 0.05) is 0 Å². The molecule has 1 aromatic rings. The van der Waals surface area contributed by atoms with Gasteiger partial charge in [0.25, 0.3) is 0 Å². The molecule has 0 bridgehead atoms. The number of hydrogen-bond donors (Lipinski definition) is 3. The number of halogens is 1. The standard InChI is InChI=1S/C11H9FN2O6S/c12-7-2-1-3-9(6(7)5-13)21(19,20)14-8(11(17)18)4-10(15)16/h1-3,8,14H,4H2,(H,15,16)(H,17,18)/t8-/m0/s1. The highest BCUT2D eigenvalue weighted by atomic mass is 32.2. The predicted molar refractivity (Wildman–Crippen MR) is 65.1 cm³/mol. The summed E-state index contributed by atoms with van der Waals surface area (Å²) in [6.45, 7) is 0.